The van der Waals surface area contributed by atoms with E-state index in [9.17, 15) is 0 Å². The number of phenols is 1. The zero-order valence-corrected chi connectivity index (χ0v) is 10.2. The highest BCUT2D eigenvalue weighted by molar-refractivity contribution is 5.60. The van der Waals surface area contributed by atoms with Gasteiger partial charge in [-0.05, 0) is 29.7 Å². The fourth-order valence-electron chi connectivity index (χ4n) is 1.24. The maximum atomic E-state index is 9.07. The molecule has 0 saturated heterocycles. The van der Waals surface area contributed by atoms with Crippen molar-refractivity contribution in [1.82, 2.24) is 0 Å². The first kappa shape index (κ1) is 13.8. The highest BCUT2D eigenvalue weighted by Crippen LogP contribution is 2.22. The Morgan fingerprint density at radius 1 is 1.20 bits per heavy atom. The van der Waals surface area contributed by atoms with E-state index >= 15 is 0 Å². The minimum atomic E-state index is 0.363. The summed E-state index contributed by atoms with van der Waals surface area (Å²) >= 11 is 0. The summed E-state index contributed by atoms with van der Waals surface area (Å²) in [7, 11) is 0. The van der Waals surface area contributed by atoms with Crippen molar-refractivity contribution >= 4 is 6.08 Å². The summed E-state index contributed by atoms with van der Waals surface area (Å²) in [6.45, 7) is 8.25. The largest absolute Gasteiger partial charge is 0.508 e. The zero-order valence-electron chi connectivity index (χ0n) is 10.2. The molecular formula is C14H22O. The third-order valence-electron chi connectivity index (χ3n) is 1.76. The van der Waals surface area contributed by atoms with Gasteiger partial charge in [-0.15, -0.1) is 0 Å². The fraction of sp³-hybridized carbons (Fsp3) is 0.429. The van der Waals surface area contributed by atoms with Crippen molar-refractivity contribution in [3.8, 4) is 5.75 Å². The Labute approximate surface area is 93.5 Å². The van der Waals surface area contributed by atoms with E-state index in [0.717, 1.165) is 6.42 Å². The van der Waals surface area contributed by atoms with Crippen molar-refractivity contribution in [2.75, 3.05) is 0 Å². The fourth-order valence-corrected chi connectivity index (χ4v) is 1.24. The van der Waals surface area contributed by atoms with Crippen molar-refractivity contribution < 1.29 is 5.11 Å². The number of rotatable bonds is 0. The van der Waals surface area contributed by atoms with Crippen molar-refractivity contribution in [1.29, 1.82) is 0 Å². The minimum Gasteiger partial charge on any atom is -0.508 e. The topological polar surface area (TPSA) is 20.2 Å². The third kappa shape index (κ3) is 4.68. The van der Waals surface area contributed by atoms with E-state index in [1.165, 1.54) is 17.5 Å². The number of fused-ring (bicyclic) bond motifs is 1. The third-order valence-corrected chi connectivity index (χ3v) is 1.76. The van der Waals surface area contributed by atoms with Crippen LogP contribution in [0.3, 0.4) is 0 Å². The first-order valence-corrected chi connectivity index (χ1v) is 5.76. The quantitative estimate of drug-likeness (QED) is 0.667. The number of aromatic hydroxyl groups is 1. The molecular weight excluding hydrogens is 184 g/mol. The summed E-state index contributed by atoms with van der Waals surface area (Å²) in [4.78, 5) is 0. The van der Waals surface area contributed by atoms with E-state index in [-0.39, 0.29) is 0 Å². The molecule has 1 N–H and O–H groups in total. The van der Waals surface area contributed by atoms with Crippen molar-refractivity contribution in [3.05, 3.63) is 35.4 Å². The van der Waals surface area contributed by atoms with Crippen LogP contribution >= 0.6 is 0 Å². The maximum absolute atomic E-state index is 9.07. The lowest BCUT2D eigenvalue weighted by Gasteiger charge is -1.97. The van der Waals surface area contributed by atoms with Gasteiger partial charge in [0.25, 0.3) is 0 Å². The van der Waals surface area contributed by atoms with Crippen LogP contribution in [0.4, 0.5) is 0 Å². The lowest BCUT2D eigenvalue weighted by atomic mass is 10.1. The first-order chi connectivity index (χ1) is 7.27. The van der Waals surface area contributed by atoms with Crippen LogP contribution in [-0.4, -0.2) is 5.11 Å². The molecule has 0 spiro atoms. The molecule has 0 aromatic heterocycles. The molecule has 0 bridgehead atoms. The SMILES string of the molecule is CC.CCC.Oc1ccc2c(c1)CC=C2. The summed E-state index contributed by atoms with van der Waals surface area (Å²) in [5, 5.41) is 9.07. The zero-order chi connectivity index (χ0) is 11.7. The highest BCUT2D eigenvalue weighted by Gasteiger charge is 2.03. The van der Waals surface area contributed by atoms with Crippen LogP contribution in [0.15, 0.2) is 24.3 Å². The van der Waals surface area contributed by atoms with Gasteiger partial charge in [0, 0.05) is 0 Å². The van der Waals surface area contributed by atoms with E-state index < -0.39 is 0 Å². The Bertz CT molecular complexity index is 300. The Hall–Kier alpha value is -1.24. The van der Waals surface area contributed by atoms with Crippen molar-refractivity contribution in [2.24, 2.45) is 0 Å². The lowest BCUT2D eigenvalue weighted by Crippen LogP contribution is -1.78. The second-order valence-corrected chi connectivity index (χ2v) is 3.20. The number of hydrogen-bond donors (Lipinski definition) is 1. The van der Waals surface area contributed by atoms with Gasteiger partial charge < -0.3 is 5.11 Å². The molecule has 0 heterocycles. The van der Waals surface area contributed by atoms with Gasteiger partial charge in [-0.3, -0.25) is 0 Å². The molecule has 0 radical (unpaired) electrons. The number of phenolic OH excluding ortho intramolecular Hbond substituents is 1. The van der Waals surface area contributed by atoms with E-state index in [1.807, 2.05) is 26.0 Å². The Balaban J connectivity index is 0.000000342. The number of benzene rings is 1. The predicted octanol–water partition coefficient (Wildman–Crippen LogP) is 4.40. The standard InChI is InChI=1S/C9H8O.C3H8.C2H6/c10-9-5-4-7-2-1-3-8(7)6-9;1-3-2;1-2/h1-2,4-6,10H,3H2;3H2,1-2H3;1-2H3. The Morgan fingerprint density at radius 3 is 2.40 bits per heavy atom. The van der Waals surface area contributed by atoms with Crippen LogP contribution in [0.5, 0.6) is 5.75 Å². The Kier molecular flexibility index (Phi) is 7.43. The van der Waals surface area contributed by atoms with Gasteiger partial charge in [0.05, 0.1) is 0 Å². The van der Waals surface area contributed by atoms with Gasteiger partial charge in [-0.2, -0.15) is 0 Å². The highest BCUT2D eigenvalue weighted by atomic mass is 16.3. The van der Waals surface area contributed by atoms with Crippen molar-refractivity contribution in [3.63, 3.8) is 0 Å². The monoisotopic (exact) mass is 206 g/mol. The minimum absolute atomic E-state index is 0.363. The summed E-state index contributed by atoms with van der Waals surface area (Å²) in [5.41, 5.74) is 2.46. The lowest BCUT2D eigenvalue weighted by molar-refractivity contribution is 0.475. The van der Waals surface area contributed by atoms with Gasteiger partial charge in [0.15, 0.2) is 0 Å². The van der Waals surface area contributed by atoms with Crippen molar-refractivity contribution in [2.45, 2.75) is 40.5 Å². The summed E-state index contributed by atoms with van der Waals surface area (Å²) in [5.74, 6) is 0.363. The molecule has 1 heteroatoms. The second kappa shape index (κ2) is 8.10. The van der Waals surface area contributed by atoms with E-state index in [0.29, 0.717) is 5.75 Å². The van der Waals surface area contributed by atoms with Crippen LogP contribution < -0.4 is 0 Å². The van der Waals surface area contributed by atoms with Crippen LogP contribution in [-0.2, 0) is 6.42 Å². The maximum Gasteiger partial charge on any atom is 0.115 e. The van der Waals surface area contributed by atoms with Gasteiger partial charge in [-0.25, -0.2) is 0 Å². The molecule has 0 aliphatic heterocycles. The summed E-state index contributed by atoms with van der Waals surface area (Å²) < 4.78 is 0. The molecule has 1 aliphatic rings. The average Bonchev–Trinajstić information content (AvgIpc) is 2.69. The molecule has 1 nitrogen and oxygen atoms in total. The van der Waals surface area contributed by atoms with Gasteiger partial charge in [-0.1, -0.05) is 52.3 Å². The molecule has 0 atom stereocenters. The number of allylic oxidation sites excluding steroid dienone is 1. The molecule has 15 heavy (non-hydrogen) atoms. The molecule has 0 fully saturated rings. The molecule has 0 unspecified atom stereocenters. The smallest absolute Gasteiger partial charge is 0.115 e. The predicted molar refractivity (Wildman–Crippen MR) is 68.2 cm³/mol. The molecule has 0 amide bonds. The normalized spacial score (nSPS) is 10.7. The van der Waals surface area contributed by atoms with Gasteiger partial charge in [0.1, 0.15) is 5.75 Å². The number of hydrogen-bond acceptors (Lipinski definition) is 1. The van der Waals surface area contributed by atoms with Crippen LogP contribution in [0, 0.1) is 0 Å². The van der Waals surface area contributed by atoms with E-state index in [1.54, 1.807) is 6.07 Å². The molecule has 84 valence electrons. The van der Waals surface area contributed by atoms with E-state index in [4.69, 9.17) is 5.11 Å². The van der Waals surface area contributed by atoms with Crippen LogP contribution in [0.2, 0.25) is 0 Å². The molecule has 0 saturated carbocycles. The molecule has 1 aromatic rings. The average molecular weight is 206 g/mol. The Morgan fingerprint density at radius 2 is 1.80 bits per heavy atom. The van der Waals surface area contributed by atoms with Gasteiger partial charge >= 0.3 is 0 Å². The summed E-state index contributed by atoms with van der Waals surface area (Å²) in [6.07, 6.45) is 6.39. The molecule has 1 aliphatic carbocycles. The summed E-state index contributed by atoms with van der Waals surface area (Å²) in [6, 6.07) is 5.47. The first-order valence-electron chi connectivity index (χ1n) is 5.76. The van der Waals surface area contributed by atoms with Crippen LogP contribution in [0.25, 0.3) is 6.08 Å². The van der Waals surface area contributed by atoms with Gasteiger partial charge in [0.2, 0.25) is 0 Å². The van der Waals surface area contributed by atoms with Crippen LogP contribution in [0.1, 0.15) is 45.2 Å². The molecule has 2 rings (SSSR count). The molecule has 1 aromatic carbocycles. The van der Waals surface area contributed by atoms with E-state index in [2.05, 4.69) is 26.0 Å². The second-order valence-electron chi connectivity index (χ2n) is 3.20.